The molecule has 1 aromatic rings. The average molecular weight is 205 g/mol. The summed E-state index contributed by atoms with van der Waals surface area (Å²) >= 11 is 0. The van der Waals surface area contributed by atoms with Crippen molar-refractivity contribution in [3.05, 3.63) is 35.4 Å². The maximum absolute atomic E-state index is 10.8. The van der Waals surface area contributed by atoms with E-state index in [1.807, 2.05) is 19.1 Å². The third kappa shape index (κ3) is 2.99. The van der Waals surface area contributed by atoms with Gasteiger partial charge in [0.1, 0.15) is 6.07 Å². The summed E-state index contributed by atoms with van der Waals surface area (Å²) in [5.41, 5.74) is 1.64. The molecule has 0 N–H and O–H groups in total. The van der Waals surface area contributed by atoms with Gasteiger partial charge in [0.15, 0.2) is 0 Å². The number of nitrogens with zero attached hydrogens (tertiary/aromatic N) is 1. The highest BCUT2D eigenvalue weighted by molar-refractivity contribution is 5.60. The van der Waals surface area contributed by atoms with Gasteiger partial charge in [-0.25, -0.2) is 4.79 Å². The lowest BCUT2D eigenvalue weighted by Gasteiger charge is -2.10. The smallest absolute Gasteiger partial charge is 0.438 e. The SMILES string of the molecule is COC(=O)O[C@@H](C#N)c1cccc(C)c1. The number of carbonyl (C=O) groups is 1. The number of aryl methyl sites for hydroxylation is 1. The molecule has 1 aromatic carbocycles. The van der Waals surface area contributed by atoms with Gasteiger partial charge in [-0.1, -0.05) is 29.8 Å². The number of hydrogen-bond donors (Lipinski definition) is 0. The van der Waals surface area contributed by atoms with Crippen LogP contribution in [0, 0.1) is 18.3 Å². The van der Waals surface area contributed by atoms with Gasteiger partial charge in [0.25, 0.3) is 0 Å². The number of ether oxygens (including phenoxy) is 2. The molecule has 1 rings (SSSR count). The first-order chi connectivity index (χ1) is 7.17. The number of hydrogen-bond acceptors (Lipinski definition) is 4. The Balaban J connectivity index is 2.84. The summed E-state index contributed by atoms with van der Waals surface area (Å²) in [7, 11) is 1.20. The van der Waals surface area contributed by atoms with E-state index in [0.717, 1.165) is 5.56 Å². The van der Waals surface area contributed by atoms with Crippen LogP contribution >= 0.6 is 0 Å². The van der Waals surface area contributed by atoms with Gasteiger partial charge in [0, 0.05) is 5.56 Å². The molecule has 0 heterocycles. The van der Waals surface area contributed by atoms with E-state index in [9.17, 15) is 4.79 Å². The Morgan fingerprint density at radius 2 is 2.27 bits per heavy atom. The number of benzene rings is 1. The molecule has 0 aliphatic carbocycles. The lowest BCUT2D eigenvalue weighted by Crippen LogP contribution is -2.09. The predicted octanol–water partition coefficient (Wildman–Crippen LogP) is 2.34. The number of nitriles is 1. The first kappa shape index (κ1) is 11.1. The summed E-state index contributed by atoms with van der Waals surface area (Å²) in [6.07, 6.45) is -1.78. The molecular weight excluding hydrogens is 194 g/mol. The highest BCUT2D eigenvalue weighted by Crippen LogP contribution is 2.18. The fraction of sp³-hybridized carbons (Fsp3) is 0.273. The van der Waals surface area contributed by atoms with Gasteiger partial charge in [0.2, 0.25) is 6.10 Å². The quantitative estimate of drug-likeness (QED) is 0.695. The van der Waals surface area contributed by atoms with Crippen molar-refractivity contribution in [1.29, 1.82) is 5.26 Å². The van der Waals surface area contributed by atoms with E-state index in [0.29, 0.717) is 5.56 Å². The van der Waals surface area contributed by atoms with Crippen molar-refractivity contribution in [2.24, 2.45) is 0 Å². The Kier molecular flexibility index (Phi) is 3.69. The molecule has 0 aliphatic rings. The topological polar surface area (TPSA) is 59.3 Å². The lowest BCUT2D eigenvalue weighted by molar-refractivity contribution is 0.0543. The molecule has 0 saturated carbocycles. The molecule has 1 atom stereocenters. The molecule has 0 aliphatic heterocycles. The molecule has 0 saturated heterocycles. The van der Waals surface area contributed by atoms with Gasteiger partial charge in [-0.3, -0.25) is 0 Å². The van der Waals surface area contributed by atoms with Crippen molar-refractivity contribution in [1.82, 2.24) is 0 Å². The van der Waals surface area contributed by atoms with Crippen molar-refractivity contribution in [2.45, 2.75) is 13.0 Å². The van der Waals surface area contributed by atoms with Crippen LogP contribution in [0.1, 0.15) is 17.2 Å². The third-order valence-electron chi connectivity index (χ3n) is 1.84. The molecule has 0 spiro atoms. The van der Waals surface area contributed by atoms with Gasteiger partial charge in [-0.2, -0.15) is 5.26 Å². The van der Waals surface area contributed by atoms with Crippen LogP contribution in [-0.2, 0) is 9.47 Å². The molecule has 0 radical (unpaired) electrons. The Morgan fingerprint density at radius 3 is 2.80 bits per heavy atom. The lowest BCUT2D eigenvalue weighted by atomic mass is 10.1. The fourth-order valence-electron chi connectivity index (χ4n) is 1.15. The summed E-state index contributed by atoms with van der Waals surface area (Å²) in [6, 6.07) is 9.10. The minimum atomic E-state index is -0.919. The van der Waals surface area contributed by atoms with Crippen LogP contribution in [0.2, 0.25) is 0 Å². The molecule has 0 bridgehead atoms. The van der Waals surface area contributed by atoms with Crippen molar-refractivity contribution in [3.63, 3.8) is 0 Å². The molecular formula is C11H11NO3. The van der Waals surface area contributed by atoms with Crippen LogP contribution in [0.15, 0.2) is 24.3 Å². The van der Waals surface area contributed by atoms with Crippen molar-refractivity contribution in [2.75, 3.05) is 7.11 Å². The number of methoxy groups -OCH3 is 1. The maximum atomic E-state index is 10.8. The summed E-state index contributed by atoms with van der Waals surface area (Å²) in [6.45, 7) is 1.90. The van der Waals surface area contributed by atoms with E-state index >= 15 is 0 Å². The average Bonchev–Trinajstić information content (AvgIpc) is 2.25. The molecule has 0 fully saturated rings. The minimum Gasteiger partial charge on any atom is -0.438 e. The zero-order chi connectivity index (χ0) is 11.3. The standard InChI is InChI=1S/C11H11NO3/c1-8-4-3-5-9(6-8)10(7-12)15-11(13)14-2/h3-6,10H,1-2H3/t10-/m0/s1. The molecule has 15 heavy (non-hydrogen) atoms. The number of rotatable bonds is 2. The molecule has 4 nitrogen and oxygen atoms in total. The Hall–Kier alpha value is -2.02. The minimum absolute atomic E-state index is 0.642. The normalized spacial score (nSPS) is 11.3. The van der Waals surface area contributed by atoms with E-state index in [4.69, 9.17) is 10.00 Å². The van der Waals surface area contributed by atoms with Crippen LogP contribution in [-0.4, -0.2) is 13.3 Å². The van der Waals surface area contributed by atoms with E-state index in [2.05, 4.69) is 4.74 Å². The van der Waals surface area contributed by atoms with Crippen LogP contribution in [0.3, 0.4) is 0 Å². The largest absolute Gasteiger partial charge is 0.509 e. The first-order valence-corrected chi connectivity index (χ1v) is 4.38. The molecule has 0 aromatic heterocycles. The van der Waals surface area contributed by atoms with Crippen LogP contribution in [0.25, 0.3) is 0 Å². The van der Waals surface area contributed by atoms with Crippen molar-refractivity contribution < 1.29 is 14.3 Å². The molecule has 0 unspecified atom stereocenters. The monoisotopic (exact) mass is 205 g/mol. The highest BCUT2D eigenvalue weighted by Gasteiger charge is 2.15. The van der Waals surface area contributed by atoms with Crippen LogP contribution in [0.5, 0.6) is 0 Å². The van der Waals surface area contributed by atoms with Gasteiger partial charge >= 0.3 is 6.16 Å². The second kappa shape index (κ2) is 5.01. The van der Waals surface area contributed by atoms with Crippen LogP contribution in [0.4, 0.5) is 4.79 Å². The summed E-state index contributed by atoms with van der Waals surface area (Å²) in [5.74, 6) is 0. The van der Waals surface area contributed by atoms with Gasteiger partial charge in [-0.05, 0) is 6.92 Å². The summed E-state index contributed by atoms with van der Waals surface area (Å²) < 4.78 is 9.09. The third-order valence-corrected chi connectivity index (χ3v) is 1.84. The maximum Gasteiger partial charge on any atom is 0.509 e. The number of carbonyl (C=O) groups excluding carboxylic acids is 1. The van der Waals surface area contributed by atoms with Crippen molar-refractivity contribution >= 4 is 6.16 Å². The van der Waals surface area contributed by atoms with E-state index in [-0.39, 0.29) is 0 Å². The second-order valence-electron chi connectivity index (χ2n) is 3.00. The van der Waals surface area contributed by atoms with E-state index in [1.54, 1.807) is 18.2 Å². The zero-order valence-corrected chi connectivity index (χ0v) is 8.56. The Labute approximate surface area is 88.0 Å². The van der Waals surface area contributed by atoms with E-state index < -0.39 is 12.3 Å². The summed E-state index contributed by atoms with van der Waals surface area (Å²) in [5, 5.41) is 8.83. The van der Waals surface area contributed by atoms with Gasteiger partial charge in [0.05, 0.1) is 7.11 Å². The first-order valence-electron chi connectivity index (χ1n) is 4.38. The molecule has 0 amide bonds. The molecule has 78 valence electrons. The highest BCUT2D eigenvalue weighted by atomic mass is 16.7. The van der Waals surface area contributed by atoms with Gasteiger partial charge in [-0.15, -0.1) is 0 Å². The Bertz CT molecular complexity index is 395. The van der Waals surface area contributed by atoms with Gasteiger partial charge < -0.3 is 9.47 Å². The second-order valence-corrected chi connectivity index (χ2v) is 3.00. The zero-order valence-electron chi connectivity index (χ0n) is 8.56. The summed E-state index contributed by atoms with van der Waals surface area (Å²) in [4.78, 5) is 10.8. The van der Waals surface area contributed by atoms with Crippen molar-refractivity contribution in [3.8, 4) is 6.07 Å². The van der Waals surface area contributed by atoms with E-state index in [1.165, 1.54) is 7.11 Å². The predicted molar refractivity (Wildman–Crippen MR) is 53.0 cm³/mol. The fourth-order valence-corrected chi connectivity index (χ4v) is 1.15. The molecule has 4 heteroatoms. The Morgan fingerprint density at radius 1 is 1.53 bits per heavy atom. The van der Waals surface area contributed by atoms with Crippen LogP contribution < -0.4 is 0 Å².